The molecule has 0 aromatic rings. The van der Waals surface area contributed by atoms with Crippen LogP contribution in [0.4, 0.5) is 0 Å². The van der Waals surface area contributed by atoms with Gasteiger partial charge in [-0.1, -0.05) is 0 Å². The molecule has 1 saturated heterocycles. The van der Waals surface area contributed by atoms with Crippen molar-refractivity contribution in [1.29, 1.82) is 0 Å². The molecule has 1 aliphatic carbocycles. The third-order valence-corrected chi connectivity index (χ3v) is 3.09. The van der Waals surface area contributed by atoms with Crippen LogP contribution in [-0.2, 0) is 9.47 Å². The van der Waals surface area contributed by atoms with Gasteiger partial charge in [-0.25, -0.2) is 0 Å². The lowest BCUT2D eigenvalue weighted by molar-refractivity contribution is -0.253. The van der Waals surface area contributed by atoms with E-state index in [9.17, 15) is 0 Å². The highest BCUT2D eigenvalue weighted by Gasteiger charge is 2.32. The van der Waals surface area contributed by atoms with E-state index < -0.39 is 0 Å². The molecule has 1 N–H and O–H groups in total. The van der Waals surface area contributed by atoms with Crippen LogP contribution in [-0.4, -0.2) is 31.1 Å². The van der Waals surface area contributed by atoms with Gasteiger partial charge in [-0.15, -0.1) is 0 Å². The van der Waals surface area contributed by atoms with Gasteiger partial charge in [0.25, 0.3) is 0 Å². The molecule has 1 atom stereocenters. The summed E-state index contributed by atoms with van der Waals surface area (Å²) in [5.41, 5.74) is 0. The molecule has 1 aliphatic heterocycles. The highest BCUT2D eigenvalue weighted by molar-refractivity contribution is 4.86. The molecule has 0 spiro atoms. The molecule has 1 saturated carbocycles. The van der Waals surface area contributed by atoms with Gasteiger partial charge < -0.3 is 14.8 Å². The lowest BCUT2D eigenvalue weighted by Gasteiger charge is -2.36. The summed E-state index contributed by atoms with van der Waals surface area (Å²) in [6, 6.07) is 0.993. The maximum Gasteiger partial charge on any atom is 0.162 e. The summed E-state index contributed by atoms with van der Waals surface area (Å²) in [5.74, 6) is 0.506. The summed E-state index contributed by atoms with van der Waals surface area (Å²) in [4.78, 5) is 0. The molecular formula is C11H21NO2. The van der Waals surface area contributed by atoms with Gasteiger partial charge in [0, 0.05) is 6.04 Å². The van der Waals surface area contributed by atoms with Gasteiger partial charge in [-0.3, -0.25) is 0 Å². The van der Waals surface area contributed by atoms with Crippen molar-refractivity contribution < 1.29 is 9.47 Å². The number of ether oxygens (including phenoxy) is 2. The van der Waals surface area contributed by atoms with Gasteiger partial charge in [0.2, 0.25) is 0 Å². The van der Waals surface area contributed by atoms with E-state index in [4.69, 9.17) is 9.47 Å². The van der Waals surface area contributed by atoms with Crippen molar-refractivity contribution in [3.8, 4) is 0 Å². The lowest BCUT2D eigenvalue weighted by Crippen LogP contribution is -2.51. The SMILES string of the molecule is CC(NC1COC(C)(C)OC1)C1CC1. The zero-order valence-corrected chi connectivity index (χ0v) is 9.38. The molecule has 2 fully saturated rings. The molecule has 3 heteroatoms. The van der Waals surface area contributed by atoms with Gasteiger partial charge in [0.15, 0.2) is 5.79 Å². The summed E-state index contributed by atoms with van der Waals surface area (Å²) in [6.45, 7) is 7.73. The van der Waals surface area contributed by atoms with Gasteiger partial charge >= 0.3 is 0 Å². The highest BCUT2D eigenvalue weighted by atomic mass is 16.7. The molecule has 0 aromatic carbocycles. The average Bonchev–Trinajstić information content (AvgIpc) is 2.91. The largest absolute Gasteiger partial charge is 0.349 e. The summed E-state index contributed by atoms with van der Waals surface area (Å²) in [6.07, 6.45) is 2.77. The number of hydrogen-bond acceptors (Lipinski definition) is 3. The molecule has 1 unspecified atom stereocenters. The normalized spacial score (nSPS) is 30.2. The Morgan fingerprint density at radius 3 is 2.29 bits per heavy atom. The van der Waals surface area contributed by atoms with Gasteiger partial charge in [0.05, 0.1) is 19.3 Å². The predicted octanol–water partition coefficient (Wildman–Crippen LogP) is 1.53. The average molecular weight is 199 g/mol. The Balaban J connectivity index is 1.72. The van der Waals surface area contributed by atoms with Gasteiger partial charge in [-0.05, 0) is 39.5 Å². The zero-order valence-electron chi connectivity index (χ0n) is 9.38. The first-order valence-corrected chi connectivity index (χ1v) is 5.61. The first-order chi connectivity index (χ1) is 6.57. The quantitative estimate of drug-likeness (QED) is 0.747. The molecule has 0 bridgehead atoms. The molecule has 2 rings (SSSR count). The number of rotatable bonds is 3. The molecule has 0 amide bonds. The Bertz CT molecular complexity index is 191. The first-order valence-electron chi connectivity index (χ1n) is 5.61. The Labute approximate surface area is 86.2 Å². The smallest absolute Gasteiger partial charge is 0.162 e. The number of hydrogen-bond donors (Lipinski definition) is 1. The van der Waals surface area contributed by atoms with Crippen molar-refractivity contribution in [1.82, 2.24) is 5.32 Å². The van der Waals surface area contributed by atoms with E-state index in [1.54, 1.807) is 0 Å². The van der Waals surface area contributed by atoms with Crippen LogP contribution in [0.5, 0.6) is 0 Å². The molecule has 1 heterocycles. The Morgan fingerprint density at radius 2 is 1.79 bits per heavy atom. The second-order valence-electron chi connectivity index (χ2n) is 5.01. The van der Waals surface area contributed by atoms with Crippen LogP contribution in [0.15, 0.2) is 0 Å². The molecule has 3 nitrogen and oxygen atoms in total. The van der Waals surface area contributed by atoms with Crippen LogP contribution in [0.25, 0.3) is 0 Å². The topological polar surface area (TPSA) is 30.5 Å². The van der Waals surface area contributed by atoms with E-state index in [0.717, 1.165) is 19.1 Å². The fourth-order valence-corrected chi connectivity index (χ4v) is 1.89. The van der Waals surface area contributed by atoms with E-state index in [2.05, 4.69) is 12.2 Å². The van der Waals surface area contributed by atoms with Crippen LogP contribution in [0.1, 0.15) is 33.6 Å². The van der Waals surface area contributed by atoms with Crippen molar-refractivity contribution in [2.75, 3.05) is 13.2 Å². The minimum absolute atomic E-state index is 0.374. The number of nitrogens with one attached hydrogen (secondary N) is 1. The van der Waals surface area contributed by atoms with Crippen LogP contribution in [0.2, 0.25) is 0 Å². The van der Waals surface area contributed by atoms with E-state index in [0.29, 0.717) is 12.1 Å². The minimum atomic E-state index is -0.388. The Kier molecular flexibility index (Phi) is 2.82. The van der Waals surface area contributed by atoms with E-state index in [-0.39, 0.29) is 5.79 Å². The Morgan fingerprint density at radius 1 is 1.21 bits per heavy atom. The summed E-state index contributed by atoms with van der Waals surface area (Å²) in [7, 11) is 0. The summed E-state index contributed by atoms with van der Waals surface area (Å²) in [5, 5.41) is 3.57. The van der Waals surface area contributed by atoms with Crippen LogP contribution >= 0.6 is 0 Å². The van der Waals surface area contributed by atoms with E-state index in [1.807, 2.05) is 13.8 Å². The van der Waals surface area contributed by atoms with Gasteiger partial charge in [-0.2, -0.15) is 0 Å². The van der Waals surface area contributed by atoms with Crippen molar-refractivity contribution >= 4 is 0 Å². The maximum absolute atomic E-state index is 5.59. The van der Waals surface area contributed by atoms with Crippen LogP contribution < -0.4 is 5.32 Å². The summed E-state index contributed by atoms with van der Waals surface area (Å²) >= 11 is 0. The second kappa shape index (κ2) is 3.80. The van der Waals surface area contributed by atoms with Gasteiger partial charge in [0.1, 0.15) is 0 Å². The zero-order chi connectivity index (χ0) is 10.2. The molecule has 0 aromatic heterocycles. The third kappa shape index (κ3) is 2.69. The van der Waals surface area contributed by atoms with E-state index >= 15 is 0 Å². The fourth-order valence-electron chi connectivity index (χ4n) is 1.89. The van der Waals surface area contributed by atoms with Crippen molar-refractivity contribution in [2.45, 2.75) is 51.5 Å². The molecule has 14 heavy (non-hydrogen) atoms. The summed E-state index contributed by atoms with van der Waals surface area (Å²) < 4.78 is 11.2. The molecule has 82 valence electrons. The molecular weight excluding hydrogens is 178 g/mol. The molecule has 2 aliphatic rings. The Hall–Kier alpha value is -0.120. The van der Waals surface area contributed by atoms with Crippen molar-refractivity contribution in [2.24, 2.45) is 5.92 Å². The maximum atomic E-state index is 5.59. The molecule has 0 radical (unpaired) electrons. The standard InChI is InChI=1S/C11H21NO2/c1-8(9-4-5-9)12-10-6-13-11(2,3)14-7-10/h8-10,12H,4-7H2,1-3H3. The van der Waals surface area contributed by atoms with Crippen LogP contribution in [0, 0.1) is 5.92 Å². The predicted molar refractivity (Wildman–Crippen MR) is 55.1 cm³/mol. The minimum Gasteiger partial charge on any atom is -0.349 e. The second-order valence-corrected chi connectivity index (χ2v) is 5.01. The monoisotopic (exact) mass is 199 g/mol. The van der Waals surface area contributed by atoms with Crippen LogP contribution in [0.3, 0.4) is 0 Å². The first kappa shape index (κ1) is 10.4. The third-order valence-electron chi connectivity index (χ3n) is 3.09. The lowest BCUT2D eigenvalue weighted by atomic mass is 10.1. The van der Waals surface area contributed by atoms with Crippen molar-refractivity contribution in [3.63, 3.8) is 0 Å². The van der Waals surface area contributed by atoms with E-state index in [1.165, 1.54) is 12.8 Å². The highest BCUT2D eigenvalue weighted by Crippen LogP contribution is 2.32. The van der Waals surface area contributed by atoms with Crippen molar-refractivity contribution in [3.05, 3.63) is 0 Å². The fraction of sp³-hybridized carbons (Fsp3) is 1.00.